The number of rotatable bonds is 9. The molecule has 250 valence electrons. The van der Waals surface area contributed by atoms with Gasteiger partial charge in [0.05, 0.1) is 24.1 Å². The van der Waals surface area contributed by atoms with Crippen LogP contribution in [0.5, 0.6) is 5.75 Å². The summed E-state index contributed by atoms with van der Waals surface area (Å²) < 4.78 is 77.3. The van der Waals surface area contributed by atoms with Crippen molar-refractivity contribution in [2.45, 2.75) is 59.5 Å². The van der Waals surface area contributed by atoms with Crippen LogP contribution in [-0.2, 0) is 36.3 Å². The van der Waals surface area contributed by atoms with Gasteiger partial charge in [0.15, 0.2) is 26.6 Å². The molecule has 0 amide bonds. The Labute approximate surface area is 282 Å². The van der Waals surface area contributed by atoms with Crippen LogP contribution in [0.2, 0.25) is 0 Å². The number of alkyl halides is 2. The number of benzene rings is 5. The molecule has 0 saturated carbocycles. The Hall–Kier alpha value is -3.80. The molecule has 2 atom stereocenters. The summed E-state index contributed by atoms with van der Waals surface area (Å²) >= 11 is 0. The van der Waals surface area contributed by atoms with Gasteiger partial charge in [-0.1, -0.05) is 56.3 Å². The minimum atomic E-state index is -5.65. The molecule has 10 heteroatoms. The molecule has 1 aliphatic heterocycles. The van der Waals surface area contributed by atoms with Crippen molar-refractivity contribution in [1.82, 2.24) is 0 Å². The summed E-state index contributed by atoms with van der Waals surface area (Å²) in [5, 5.41) is -2.15. The molecule has 1 heterocycles. The lowest BCUT2D eigenvalue weighted by molar-refractivity contribution is -0.298. The van der Waals surface area contributed by atoms with Gasteiger partial charge >= 0.3 is 15.4 Å². The SMILES string of the molecule is CC(Oc1ccc([S+](c2ccc(-c3cccc4ccccc34)cc2)c2ccc(C3(C)OCC(C)(C)CO3)cc2)cc1)C(F)(F)S(=O)(=O)O. The Morgan fingerprint density at radius 3 is 1.88 bits per heavy atom. The normalized spacial score (nSPS) is 17.5. The summed E-state index contributed by atoms with van der Waals surface area (Å²) in [6, 6.07) is 37.7. The molecule has 2 unspecified atom stereocenters. The van der Waals surface area contributed by atoms with E-state index in [2.05, 4.69) is 68.4 Å². The van der Waals surface area contributed by atoms with E-state index in [0.717, 1.165) is 49.1 Å². The van der Waals surface area contributed by atoms with Crippen LogP contribution in [0.15, 0.2) is 130 Å². The lowest BCUT2D eigenvalue weighted by Crippen LogP contribution is -2.43. The van der Waals surface area contributed by atoms with Gasteiger partial charge in [0, 0.05) is 11.0 Å². The van der Waals surface area contributed by atoms with Gasteiger partial charge in [-0.05, 0) is 109 Å². The predicted octanol–water partition coefficient (Wildman–Crippen LogP) is 9.10. The fraction of sp³-hybridized carbons (Fsp3) is 0.263. The molecule has 0 bridgehead atoms. The molecule has 1 saturated heterocycles. The molecule has 1 aliphatic rings. The smallest absolute Gasteiger partial charge is 0.405 e. The van der Waals surface area contributed by atoms with E-state index in [1.54, 1.807) is 12.1 Å². The zero-order valence-corrected chi connectivity index (χ0v) is 28.7. The highest BCUT2D eigenvalue weighted by molar-refractivity contribution is 7.97. The Morgan fingerprint density at radius 1 is 0.771 bits per heavy atom. The van der Waals surface area contributed by atoms with E-state index in [1.165, 1.54) is 12.1 Å². The first-order valence-electron chi connectivity index (χ1n) is 15.5. The van der Waals surface area contributed by atoms with Gasteiger partial charge in [-0.15, -0.1) is 0 Å². The number of ether oxygens (including phenoxy) is 3. The first-order chi connectivity index (χ1) is 22.7. The van der Waals surface area contributed by atoms with E-state index < -0.39 is 38.2 Å². The van der Waals surface area contributed by atoms with Crippen molar-refractivity contribution in [2.24, 2.45) is 5.41 Å². The minimum Gasteiger partial charge on any atom is -0.483 e. The Balaban J connectivity index is 1.34. The standard InChI is InChI=1S/C38H36F2O6S2/c1-26(38(39,40)48(41,42)43)46-30-16-22-33(23-17-30)47(32-20-14-29(15-21-32)37(4)44-24-36(2,3)25-45-37)31-18-12-28(13-19-31)35-11-7-9-27-8-5-6-10-34(27)35/h5-23,26H,24-25H2,1-4H3/p+1. The summed E-state index contributed by atoms with van der Waals surface area (Å²) in [5.74, 6) is -0.825. The fourth-order valence-corrected chi connectivity index (χ4v) is 8.11. The quantitative estimate of drug-likeness (QED) is 0.123. The highest BCUT2D eigenvalue weighted by atomic mass is 32.2. The van der Waals surface area contributed by atoms with E-state index in [4.69, 9.17) is 18.8 Å². The average molecular weight is 692 g/mol. The van der Waals surface area contributed by atoms with Crippen LogP contribution in [0.4, 0.5) is 8.78 Å². The van der Waals surface area contributed by atoms with Crippen LogP contribution in [0, 0.1) is 5.41 Å². The van der Waals surface area contributed by atoms with Crippen LogP contribution in [-0.4, -0.2) is 37.5 Å². The molecule has 6 rings (SSSR count). The zero-order chi connectivity index (χ0) is 34.3. The van der Waals surface area contributed by atoms with Crippen molar-refractivity contribution in [3.8, 4) is 16.9 Å². The molecule has 5 aromatic carbocycles. The average Bonchev–Trinajstić information content (AvgIpc) is 3.07. The largest absolute Gasteiger partial charge is 0.483 e. The number of halogens is 2. The van der Waals surface area contributed by atoms with Gasteiger partial charge in [0.1, 0.15) is 5.75 Å². The second-order valence-electron chi connectivity index (χ2n) is 12.8. The zero-order valence-electron chi connectivity index (χ0n) is 27.0. The van der Waals surface area contributed by atoms with Gasteiger partial charge in [-0.3, -0.25) is 4.55 Å². The summed E-state index contributed by atoms with van der Waals surface area (Å²) in [4.78, 5) is 2.93. The summed E-state index contributed by atoms with van der Waals surface area (Å²) in [5.41, 5.74) is 3.04. The maximum absolute atomic E-state index is 14.2. The topological polar surface area (TPSA) is 82.1 Å². The first kappa shape index (κ1) is 34.1. The van der Waals surface area contributed by atoms with Crippen LogP contribution < -0.4 is 4.74 Å². The fourth-order valence-electron chi connectivity index (χ4n) is 5.60. The van der Waals surface area contributed by atoms with E-state index in [1.807, 2.05) is 43.3 Å². The Kier molecular flexibility index (Phi) is 9.16. The molecule has 5 aromatic rings. The Bertz CT molecular complexity index is 2000. The van der Waals surface area contributed by atoms with E-state index in [-0.39, 0.29) is 11.2 Å². The molecule has 48 heavy (non-hydrogen) atoms. The summed E-state index contributed by atoms with van der Waals surface area (Å²) in [6.07, 6.45) is -2.11. The van der Waals surface area contributed by atoms with Crippen molar-refractivity contribution in [2.75, 3.05) is 13.2 Å². The van der Waals surface area contributed by atoms with E-state index in [9.17, 15) is 17.2 Å². The van der Waals surface area contributed by atoms with Crippen molar-refractivity contribution in [1.29, 1.82) is 0 Å². The summed E-state index contributed by atoms with van der Waals surface area (Å²) in [6.45, 7) is 8.17. The van der Waals surface area contributed by atoms with Gasteiger partial charge in [0.25, 0.3) is 0 Å². The maximum atomic E-state index is 14.2. The third-order valence-electron chi connectivity index (χ3n) is 8.47. The highest BCUT2D eigenvalue weighted by Crippen LogP contribution is 2.39. The van der Waals surface area contributed by atoms with Crippen molar-refractivity contribution >= 4 is 31.8 Å². The summed E-state index contributed by atoms with van der Waals surface area (Å²) in [7, 11) is -6.27. The van der Waals surface area contributed by atoms with E-state index >= 15 is 0 Å². The van der Waals surface area contributed by atoms with Gasteiger partial charge in [0.2, 0.25) is 0 Å². The number of fused-ring (bicyclic) bond motifs is 1. The van der Waals surface area contributed by atoms with Crippen LogP contribution in [0.25, 0.3) is 21.9 Å². The van der Waals surface area contributed by atoms with Crippen LogP contribution >= 0.6 is 0 Å². The van der Waals surface area contributed by atoms with Crippen LogP contribution in [0.1, 0.15) is 33.3 Å². The third kappa shape index (κ3) is 6.86. The second kappa shape index (κ2) is 12.9. The molecule has 1 N–H and O–H groups in total. The van der Waals surface area contributed by atoms with Crippen molar-refractivity contribution in [3.63, 3.8) is 0 Å². The lowest BCUT2D eigenvalue weighted by atomic mass is 9.94. The molecule has 0 aliphatic carbocycles. The lowest BCUT2D eigenvalue weighted by Gasteiger charge is -2.41. The number of hydrogen-bond donors (Lipinski definition) is 1. The Morgan fingerprint density at radius 2 is 1.29 bits per heavy atom. The van der Waals surface area contributed by atoms with Gasteiger partial charge < -0.3 is 14.2 Å². The molecule has 0 aromatic heterocycles. The highest BCUT2D eigenvalue weighted by Gasteiger charge is 2.51. The molecular formula is C38H37F2O6S2+. The molecule has 6 nitrogen and oxygen atoms in total. The van der Waals surface area contributed by atoms with E-state index in [0.29, 0.717) is 13.2 Å². The maximum Gasteiger partial charge on any atom is 0.405 e. The monoisotopic (exact) mass is 691 g/mol. The van der Waals surface area contributed by atoms with Crippen molar-refractivity contribution in [3.05, 3.63) is 121 Å². The third-order valence-corrected chi connectivity index (χ3v) is 11.7. The molecule has 1 fully saturated rings. The van der Waals surface area contributed by atoms with Crippen LogP contribution in [0.3, 0.4) is 0 Å². The minimum absolute atomic E-state index is 0.0437. The van der Waals surface area contributed by atoms with Crippen molar-refractivity contribution < 1.29 is 36.0 Å². The second-order valence-corrected chi connectivity index (χ2v) is 16.4. The molecular weight excluding hydrogens is 655 g/mol. The number of hydrogen-bond acceptors (Lipinski definition) is 5. The van der Waals surface area contributed by atoms with Gasteiger partial charge in [-0.25, -0.2) is 0 Å². The molecule has 0 spiro atoms. The van der Waals surface area contributed by atoms with Gasteiger partial charge in [-0.2, -0.15) is 17.2 Å². The first-order valence-corrected chi connectivity index (χ1v) is 18.2. The predicted molar refractivity (Wildman–Crippen MR) is 184 cm³/mol. The molecule has 0 radical (unpaired) electrons.